The van der Waals surface area contributed by atoms with Crippen LogP contribution in [0.1, 0.15) is 0 Å². The molecule has 82 valence electrons. The van der Waals surface area contributed by atoms with Crippen molar-refractivity contribution in [3.05, 3.63) is 59.6 Å². The summed E-state index contributed by atoms with van der Waals surface area (Å²) in [7, 11) is 0. The SMILES string of the molecule is Clc1c(-c2ccccc2)nnc2ccccc12. The molecule has 17 heavy (non-hydrogen) atoms. The van der Waals surface area contributed by atoms with Gasteiger partial charge in [0.25, 0.3) is 0 Å². The second-order valence-corrected chi connectivity index (χ2v) is 4.12. The number of halogens is 1. The highest BCUT2D eigenvalue weighted by atomic mass is 35.5. The Labute approximate surface area is 104 Å². The van der Waals surface area contributed by atoms with Gasteiger partial charge < -0.3 is 0 Å². The minimum Gasteiger partial charge on any atom is -0.150 e. The van der Waals surface area contributed by atoms with Crippen LogP contribution in [0.5, 0.6) is 0 Å². The Morgan fingerprint density at radius 3 is 2.29 bits per heavy atom. The Hall–Kier alpha value is -1.93. The summed E-state index contributed by atoms with van der Waals surface area (Å²) in [5, 5.41) is 9.97. The average Bonchev–Trinajstić information content (AvgIpc) is 2.40. The number of hydrogen-bond acceptors (Lipinski definition) is 2. The van der Waals surface area contributed by atoms with Crippen molar-refractivity contribution in [1.29, 1.82) is 0 Å². The molecule has 0 aliphatic carbocycles. The summed E-state index contributed by atoms with van der Waals surface area (Å²) in [4.78, 5) is 0. The zero-order valence-corrected chi connectivity index (χ0v) is 9.72. The third-order valence-corrected chi connectivity index (χ3v) is 3.04. The maximum atomic E-state index is 6.37. The summed E-state index contributed by atoms with van der Waals surface area (Å²) >= 11 is 6.37. The number of hydrogen-bond donors (Lipinski definition) is 0. The van der Waals surface area contributed by atoms with Crippen molar-refractivity contribution in [2.24, 2.45) is 0 Å². The van der Waals surface area contributed by atoms with E-state index < -0.39 is 0 Å². The third-order valence-electron chi connectivity index (χ3n) is 2.65. The van der Waals surface area contributed by atoms with E-state index in [-0.39, 0.29) is 0 Å². The predicted molar refractivity (Wildman–Crippen MR) is 70.0 cm³/mol. The molecular formula is C14H9ClN2. The predicted octanol–water partition coefficient (Wildman–Crippen LogP) is 3.95. The summed E-state index contributed by atoms with van der Waals surface area (Å²) in [5.41, 5.74) is 2.53. The van der Waals surface area contributed by atoms with Crippen molar-refractivity contribution < 1.29 is 0 Å². The highest BCUT2D eigenvalue weighted by molar-refractivity contribution is 6.37. The van der Waals surface area contributed by atoms with Crippen molar-refractivity contribution >= 4 is 22.5 Å². The van der Waals surface area contributed by atoms with Crippen LogP contribution in [0.2, 0.25) is 5.02 Å². The van der Waals surface area contributed by atoms with Crippen LogP contribution in [-0.2, 0) is 0 Å². The number of nitrogens with zero attached hydrogens (tertiary/aromatic N) is 2. The number of benzene rings is 2. The molecule has 0 spiro atoms. The van der Waals surface area contributed by atoms with Gasteiger partial charge in [0.2, 0.25) is 0 Å². The quantitative estimate of drug-likeness (QED) is 0.644. The van der Waals surface area contributed by atoms with E-state index in [0.29, 0.717) is 5.02 Å². The van der Waals surface area contributed by atoms with Crippen LogP contribution in [0, 0.1) is 0 Å². The van der Waals surface area contributed by atoms with Gasteiger partial charge in [0.05, 0.1) is 10.5 Å². The second-order valence-electron chi connectivity index (χ2n) is 3.75. The first kappa shape index (κ1) is 10.2. The molecule has 0 saturated heterocycles. The van der Waals surface area contributed by atoms with Gasteiger partial charge in [0, 0.05) is 10.9 Å². The Kier molecular flexibility index (Phi) is 2.50. The summed E-state index contributed by atoms with van der Waals surface area (Å²) in [6.07, 6.45) is 0. The molecule has 3 rings (SSSR count). The lowest BCUT2D eigenvalue weighted by molar-refractivity contribution is 1.08. The van der Waals surface area contributed by atoms with Gasteiger partial charge >= 0.3 is 0 Å². The Balaban J connectivity index is 2.29. The van der Waals surface area contributed by atoms with E-state index in [2.05, 4.69) is 10.2 Å². The lowest BCUT2D eigenvalue weighted by Gasteiger charge is -2.05. The molecule has 0 atom stereocenters. The fourth-order valence-corrected chi connectivity index (χ4v) is 2.11. The first-order valence-corrected chi connectivity index (χ1v) is 5.70. The molecule has 0 bridgehead atoms. The van der Waals surface area contributed by atoms with Crippen molar-refractivity contribution in [1.82, 2.24) is 10.2 Å². The third kappa shape index (κ3) is 1.77. The molecule has 3 heteroatoms. The zero-order chi connectivity index (χ0) is 11.7. The molecule has 2 nitrogen and oxygen atoms in total. The van der Waals surface area contributed by atoms with Crippen LogP contribution in [0.3, 0.4) is 0 Å². The molecule has 1 aromatic heterocycles. The van der Waals surface area contributed by atoms with E-state index in [0.717, 1.165) is 22.2 Å². The van der Waals surface area contributed by atoms with Crippen LogP contribution in [0.15, 0.2) is 54.6 Å². The highest BCUT2D eigenvalue weighted by Crippen LogP contribution is 2.30. The van der Waals surface area contributed by atoms with Crippen LogP contribution in [0.25, 0.3) is 22.2 Å². The smallest absolute Gasteiger partial charge is 0.112 e. The number of aromatic nitrogens is 2. The van der Waals surface area contributed by atoms with E-state index in [1.54, 1.807) is 0 Å². The number of fused-ring (bicyclic) bond motifs is 1. The lowest BCUT2D eigenvalue weighted by atomic mass is 10.1. The fraction of sp³-hybridized carbons (Fsp3) is 0. The molecule has 3 aromatic rings. The van der Waals surface area contributed by atoms with Gasteiger partial charge in [0.15, 0.2) is 0 Å². The van der Waals surface area contributed by atoms with E-state index in [1.165, 1.54) is 0 Å². The van der Waals surface area contributed by atoms with E-state index in [9.17, 15) is 0 Å². The minimum atomic E-state index is 0.654. The van der Waals surface area contributed by atoms with Crippen LogP contribution < -0.4 is 0 Å². The summed E-state index contributed by atoms with van der Waals surface area (Å²) < 4.78 is 0. The average molecular weight is 241 g/mol. The zero-order valence-electron chi connectivity index (χ0n) is 8.97. The van der Waals surface area contributed by atoms with Crippen LogP contribution >= 0.6 is 11.6 Å². The first-order chi connectivity index (χ1) is 8.36. The van der Waals surface area contributed by atoms with Crippen molar-refractivity contribution in [3.63, 3.8) is 0 Å². The molecule has 1 heterocycles. The normalized spacial score (nSPS) is 10.6. The summed E-state index contributed by atoms with van der Waals surface area (Å²) in [5.74, 6) is 0. The Morgan fingerprint density at radius 1 is 0.765 bits per heavy atom. The van der Waals surface area contributed by atoms with Gasteiger partial charge in [-0.05, 0) is 6.07 Å². The Morgan fingerprint density at radius 2 is 1.47 bits per heavy atom. The van der Waals surface area contributed by atoms with Gasteiger partial charge in [-0.2, -0.15) is 0 Å². The second kappa shape index (κ2) is 4.15. The molecule has 0 aliphatic heterocycles. The summed E-state index contributed by atoms with van der Waals surface area (Å²) in [6.45, 7) is 0. The molecule has 0 radical (unpaired) electrons. The molecule has 0 fully saturated rings. The standard InChI is InChI=1S/C14H9ClN2/c15-13-11-8-4-5-9-12(11)16-17-14(13)10-6-2-1-3-7-10/h1-9H. The Bertz CT molecular complexity index is 665. The van der Waals surface area contributed by atoms with Gasteiger partial charge in [0.1, 0.15) is 5.69 Å². The van der Waals surface area contributed by atoms with Crippen LogP contribution in [-0.4, -0.2) is 10.2 Å². The maximum absolute atomic E-state index is 6.37. The molecule has 0 amide bonds. The lowest BCUT2D eigenvalue weighted by Crippen LogP contribution is -1.90. The largest absolute Gasteiger partial charge is 0.150 e. The fourth-order valence-electron chi connectivity index (χ4n) is 1.80. The molecular weight excluding hydrogens is 232 g/mol. The van der Waals surface area contributed by atoms with Gasteiger partial charge in [-0.1, -0.05) is 60.1 Å². The van der Waals surface area contributed by atoms with Crippen molar-refractivity contribution in [2.75, 3.05) is 0 Å². The molecule has 2 aromatic carbocycles. The summed E-state index contributed by atoms with van der Waals surface area (Å²) in [6, 6.07) is 17.6. The van der Waals surface area contributed by atoms with E-state index >= 15 is 0 Å². The van der Waals surface area contributed by atoms with Gasteiger partial charge in [-0.15, -0.1) is 10.2 Å². The van der Waals surface area contributed by atoms with Gasteiger partial charge in [-0.25, -0.2) is 0 Å². The maximum Gasteiger partial charge on any atom is 0.112 e. The number of rotatable bonds is 1. The molecule has 0 unspecified atom stereocenters. The minimum absolute atomic E-state index is 0.654. The molecule has 0 aliphatic rings. The highest BCUT2D eigenvalue weighted by Gasteiger charge is 2.09. The van der Waals surface area contributed by atoms with Crippen molar-refractivity contribution in [3.8, 4) is 11.3 Å². The molecule has 0 N–H and O–H groups in total. The topological polar surface area (TPSA) is 25.8 Å². The van der Waals surface area contributed by atoms with Gasteiger partial charge in [-0.3, -0.25) is 0 Å². The van der Waals surface area contributed by atoms with Crippen molar-refractivity contribution in [2.45, 2.75) is 0 Å². The van der Waals surface area contributed by atoms with E-state index in [4.69, 9.17) is 11.6 Å². The van der Waals surface area contributed by atoms with E-state index in [1.807, 2.05) is 54.6 Å². The van der Waals surface area contributed by atoms with Crippen LogP contribution in [0.4, 0.5) is 0 Å². The molecule has 0 saturated carbocycles. The first-order valence-electron chi connectivity index (χ1n) is 5.32. The monoisotopic (exact) mass is 240 g/mol.